The van der Waals surface area contributed by atoms with Crippen molar-refractivity contribution in [2.75, 3.05) is 18.2 Å². The number of rotatable bonds is 9. The minimum Gasteiger partial charge on any atom is -0.497 e. The third-order valence-electron chi connectivity index (χ3n) is 5.72. The molecule has 0 spiro atoms. The van der Waals surface area contributed by atoms with Gasteiger partial charge in [-0.05, 0) is 68.3 Å². The van der Waals surface area contributed by atoms with Gasteiger partial charge in [-0.1, -0.05) is 52.0 Å². The number of hydrogen-bond donors (Lipinski definition) is 1. The number of benzene rings is 3. The molecule has 1 N–H and O–H groups in total. The van der Waals surface area contributed by atoms with Crippen molar-refractivity contribution in [3.05, 3.63) is 88.2 Å². The highest BCUT2D eigenvalue weighted by Gasteiger charge is 2.22. The first-order valence-corrected chi connectivity index (χ1v) is 13.1. The van der Waals surface area contributed by atoms with Gasteiger partial charge in [-0.3, -0.25) is 9.36 Å². The van der Waals surface area contributed by atoms with Crippen LogP contribution in [0.25, 0.3) is 5.69 Å². The Morgan fingerprint density at radius 3 is 2.53 bits per heavy atom. The summed E-state index contributed by atoms with van der Waals surface area (Å²) in [5.41, 5.74) is 3.81. The third-order valence-corrected chi connectivity index (χ3v) is 7.51. The first kappa shape index (κ1) is 25.8. The standard InChI is InChI=1S/C27H27BrN4O3S/c1-17-18(2)24(14-13-23(17)28)29-25(33)16-36-27-31-30-26(32(27)20-9-6-5-7-10-20)19(3)35-22-12-8-11-21(15-22)34-4/h5-15,19H,16H2,1-4H3,(H,29,33). The zero-order valence-electron chi connectivity index (χ0n) is 20.5. The topological polar surface area (TPSA) is 78.3 Å². The molecule has 186 valence electrons. The SMILES string of the molecule is COc1cccc(OC(C)c2nnc(SCC(=O)Nc3ccc(Br)c(C)c3C)n2-c2ccccc2)c1. The molecule has 1 aromatic heterocycles. The molecule has 7 nitrogen and oxygen atoms in total. The maximum absolute atomic E-state index is 12.8. The Hall–Kier alpha value is -3.30. The summed E-state index contributed by atoms with van der Waals surface area (Å²) < 4.78 is 14.4. The Kier molecular flexibility index (Phi) is 8.32. The van der Waals surface area contributed by atoms with E-state index < -0.39 is 6.10 Å². The van der Waals surface area contributed by atoms with Crippen molar-refractivity contribution in [1.29, 1.82) is 0 Å². The second kappa shape index (κ2) is 11.6. The molecule has 36 heavy (non-hydrogen) atoms. The highest BCUT2D eigenvalue weighted by molar-refractivity contribution is 9.10. The lowest BCUT2D eigenvalue weighted by atomic mass is 10.1. The lowest BCUT2D eigenvalue weighted by molar-refractivity contribution is -0.113. The van der Waals surface area contributed by atoms with Crippen molar-refractivity contribution in [1.82, 2.24) is 14.8 Å². The molecule has 1 atom stereocenters. The fourth-order valence-corrected chi connectivity index (χ4v) is 4.82. The number of hydrogen-bond acceptors (Lipinski definition) is 6. The molecular weight excluding hydrogens is 540 g/mol. The monoisotopic (exact) mass is 566 g/mol. The van der Waals surface area contributed by atoms with Crippen molar-refractivity contribution in [2.45, 2.75) is 32.0 Å². The van der Waals surface area contributed by atoms with Crippen LogP contribution in [0.15, 0.2) is 76.4 Å². The van der Waals surface area contributed by atoms with Gasteiger partial charge in [-0.15, -0.1) is 10.2 Å². The minimum atomic E-state index is -0.402. The molecule has 3 aromatic carbocycles. The maximum atomic E-state index is 12.8. The number of ether oxygens (including phenoxy) is 2. The zero-order valence-corrected chi connectivity index (χ0v) is 22.9. The van der Waals surface area contributed by atoms with Gasteiger partial charge in [0.25, 0.3) is 0 Å². The van der Waals surface area contributed by atoms with E-state index in [-0.39, 0.29) is 11.7 Å². The number of methoxy groups -OCH3 is 1. The smallest absolute Gasteiger partial charge is 0.234 e. The van der Waals surface area contributed by atoms with Gasteiger partial charge in [0.1, 0.15) is 11.5 Å². The van der Waals surface area contributed by atoms with Crippen LogP contribution >= 0.6 is 27.7 Å². The molecule has 0 aliphatic carbocycles. The first-order chi connectivity index (χ1) is 17.4. The van der Waals surface area contributed by atoms with Crippen molar-refractivity contribution >= 4 is 39.3 Å². The second-order valence-electron chi connectivity index (χ2n) is 8.13. The van der Waals surface area contributed by atoms with E-state index in [1.807, 2.05) is 92.1 Å². The number of carbonyl (C=O) groups excluding carboxylic acids is 1. The first-order valence-electron chi connectivity index (χ1n) is 11.4. The molecule has 0 aliphatic heterocycles. The Balaban J connectivity index is 1.54. The molecule has 0 saturated heterocycles. The third kappa shape index (κ3) is 5.91. The van der Waals surface area contributed by atoms with Gasteiger partial charge >= 0.3 is 0 Å². The van der Waals surface area contributed by atoms with Gasteiger partial charge in [0.2, 0.25) is 5.91 Å². The molecule has 4 aromatic rings. The van der Waals surface area contributed by atoms with Crippen molar-refractivity contribution in [3.63, 3.8) is 0 Å². The summed E-state index contributed by atoms with van der Waals surface area (Å²) in [7, 11) is 1.62. The molecule has 0 aliphatic rings. The molecule has 4 rings (SSSR count). The van der Waals surface area contributed by atoms with E-state index >= 15 is 0 Å². The number of para-hydroxylation sites is 1. The molecule has 0 radical (unpaired) electrons. The van der Waals surface area contributed by atoms with Crippen LogP contribution in [0, 0.1) is 13.8 Å². The van der Waals surface area contributed by atoms with E-state index in [1.54, 1.807) is 7.11 Å². The van der Waals surface area contributed by atoms with Crippen LogP contribution < -0.4 is 14.8 Å². The fraction of sp³-hybridized carbons (Fsp3) is 0.222. The number of carbonyl (C=O) groups is 1. The van der Waals surface area contributed by atoms with E-state index in [1.165, 1.54) is 11.8 Å². The van der Waals surface area contributed by atoms with Crippen molar-refractivity contribution < 1.29 is 14.3 Å². The lowest BCUT2D eigenvalue weighted by Crippen LogP contribution is -2.16. The number of aromatic nitrogens is 3. The van der Waals surface area contributed by atoms with Crippen molar-refractivity contribution in [3.8, 4) is 17.2 Å². The fourth-order valence-electron chi connectivity index (χ4n) is 3.63. The summed E-state index contributed by atoms with van der Waals surface area (Å²) in [6.45, 7) is 5.93. The molecular formula is C27H27BrN4O3S. The van der Waals surface area contributed by atoms with Crippen LogP contribution in [-0.2, 0) is 4.79 Å². The van der Waals surface area contributed by atoms with Gasteiger partial charge in [0, 0.05) is 21.9 Å². The van der Waals surface area contributed by atoms with Crippen LogP contribution in [0.3, 0.4) is 0 Å². The molecule has 1 unspecified atom stereocenters. The van der Waals surface area contributed by atoms with E-state index in [0.29, 0.717) is 22.5 Å². The predicted molar refractivity (Wildman–Crippen MR) is 146 cm³/mol. The predicted octanol–water partition coefficient (Wildman–Crippen LogP) is 6.53. The van der Waals surface area contributed by atoms with Gasteiger partial charge in [0.15, 0.2) is 17.1 Å². The minimum absolute atomic E-state index is 0.116. The van der Waals surface area contributed by atoms with E-state index in [0.717, 1.165) is 27.0 Å². The Morgan fingerprint density at radius 1 is 1.03 bits per heavy atom. The molecule has 1 amide bonds. The lowest BCUT2D eigenvalue weighted by Gasteiger charge is -2.17. The van der Waals surface area contributed by atoms with E-state index in [9.17, 15) is 4.79 Å². The van der Waals surface area contributed by atoms with E-state index in [2.05, 4.69) is 31.4 Å². The quantitative estimate of drug-likeness (QED) is 0.232. The van der Waals surface area contributed by atoms with Gasteiger partial charge in [0.05, 0.1) is 12.9 Å². The number of halogens is 1. The molecule has 0 saturated carbocycles. The summed E-state index contributed by atoms with van der Waals surface area (Å²) >= 11 is 4.85. The summed E-state index contributed by atoms with van der Waals surface area (Å²) in [6.07, 6.45) is -0.402. The Labute approximate surface area is 223 Å². The molecule has 9 heteroatoms. The maximum Gasteiger partial charge on any atom is 0.234 e. The van der Waals surface area contributed by atoms with Crippen LogP contribution in [0.1, 0.15) is 30.0 Å². The van der Waals surface area contributed by atoms with Gasteiger partial charge < -0.3 is 14.8 Å². The summed E-state index contributed by atoms with van der Waals surface area (Å²) in [4.78, 5) is 12.8. The Bertz CT molecular complexity index is 1360. The molecule has 1 heterocycles. The van der Waals surface area contributed by atoms with Gasteiger partial charge in [-0.2, -0.15) is 0 Å². The summed E-state index contributed by atoms with van der Waals surface area (Å²) in [5, 5.41) is 12.4. The molecule has 0 fully saturated rings. The van der Waals surface area contributed by atoms with Gasteiger partial charge in [-0.25, -0.2) is 0 Å². The van der Waals surface area contributed by atoms with Crippen LogP contribution in [0.5, 0.6) is 11.5 Å². The van der Waals surface area contributed by atoms with Crippen LogP contribution in [0.4, 0.5) is 5.69 Å². The average molecular weight is 568 g/mol. The Morgan fingerprint density at radius 2 is 1.78 bits per heavy atom. The normalized spacial score (nSPS) is 11.7. The number of thioether (sulfide) groups is 1. The highest BCUT2D eigenvalue weighted by atomic mass is 79.9. The van der Waals surface area contributed by atoms with Crippen LogP contribution in [-0.4, -0.2) is 33.5 Å². The summed E-state index contributed by atoms with van der Waals surface area (Å²) in [5.74, 6) is 2.08. The molecule has 0 bridgehead atoms. The number of nitrogens with one attached hydrogen (secondary N) is 1. The number of anilines is 1. The summed E-state index contributed by atoms with van der Waals surface area (Å²) in [6, 6.07) is 21.1. The zero-order chi connectivity index (χ0) is 25.7. The highest BCUT2D eigenvalue weighted by Crippen LogP contribution is 2.30. The average Bonchev–Trinajstić information content (AvgIpc) is 3.32. The van der Waals surface area contributed by atoms with Crippen molar-refractivity contribution in [2.24, 2.45) is 0 Å². The number of amides is 1. The van der Waals surface area contributed by atoms with Crippen LogP contribution in [0.2, 0.25) is 0 Å². The number of nitrogens with zero attached hydrogens (tertiary/aromatic N) is 3. The second-order valence-corrected chi connectivity index (χ2v) is 9.93. The van der Waals surface area contributed by atoms with E-state index in [4.69, 9.17) is 9.47 Å². The largest absolute Gasteiger partial charge is 0.497 e.